The normalized spacial score (nSPS) is 20.2. The predicted octanol–water partition coefficient (Wildman–Crippen LogP) is 5.20. The zero-order valence-electron chi connectivity index (χ0n) is 18.6. The monoisotopic (exact) mass is 424 g/mol. The van der Waals surface area contributed by atoms with E-state index in [-0.39, 0.29) is 12.2 Å². The van der Waals surface area contributed by atoms with E-state index in [9.17, 15) is 4.79 Å². The third-order valence-corrected chi connectivity index (χ3v) is 6.24. The molecule has 1 aliphatic rings. The molecule has 2 unspecified atom stereocenters. The van der Waals surface area contributed by atoms with Crippen molar-refractivity contribution in [3.8, 4) is 5.88 Å². The van der Waals surface area contributed by atoms with Crippen molar-refractivity contribution in [1.29, 1.82) is 0 Å². The highest BCUT2D eigenvalue weighted by Gasteiger charge is 2.36. The number of hydrogen-bond donors (Lipinski definition) is 0. The lowest BCUT2D eigenvalue weighted by atomic mass is 10.0. The summed E-state index contributed by atoms with van der Waals surface area (Å²) < 4.78 is 21.3. The van der Waals surface area contributed by atoms with Gasteiger partial charge in [0.2, 0.25) is 6.23 Å². The number of ether oxygens (including phenoxy) is 2. The topological polar surface area (TPSA) is 61.3 Å². The van der Waals surface area contributed by atoms with E-state index in [2.05, 4.69) is 35.7 Å². The standard InChI is InChI=1S/C22H38N3O3S/c1-5-7-9-11-16-27-22-21(23-29-24-22)19-13-12-15-25(4,17-19)18(3)28-20(26)14-10-8-6-2/h13,18H,5-12,14-17H2,1-4H3/q+1. The molecule has 2 atom stereocenters. The lowest BCUT2D eigenvalue weighted by Gasteiger charge is -2.41. The van der Waals surface area contributed by atoms with Gasteiger partial charge >= 0.3 is 5.97 Å². The van der Waals surface area contributed by atoms with Crippen LogP contribution in [0.5, 0.6) is 5.88 Å². The number of rotatable bonds is 13. The van der Waals surface area contributed by atoms with Crippen LogP contribution < -0.4 is 4.74 Å². The summed E-state index contributed by atoms with van der Waals surface area (Å²) >= 11 is 1.20. The Hall–Kier alpha value is -1.47. The van der Waals surface area contributed by atoms with Crippen molar-refractivity contribution in [1.82, 2.24) is 8.75 Å². The first-order valence-electron chi connectivity index (χ1n) is 11.2. The third-order valence-electron chi connectivity index (χ3n) is 5.73. The van der Waals surface area contributed by atoms with Crippen LogP contribution in [0.1, 0.15) is 84.3 Å². The molecule has 6 nitrogen and oxygen atoms in total. The first-order chi connectivity index (χ1) is 14.0. The quantitative estimate of drug-likeness (QED) is 0.247. The van der Waals surface area contributed by atoms with Gasteiger partial charge in [-0.3, -0.25) is 9.28 Å². The second-order valence-corrected chi connectivity index (χ2v) is 8.78. The van der Waals surface area contributed by atoms with E-state index in [0.717, 1.165) is 56.5 Å². The van der Waals surface area contributed by atoms with Crippen LogP contribution >= 0.6 is 11.7 Å². The number of esters is 1. The molecule has 0 aliphatic carbocycles. The summed E-state index contributed by atoms with van der Waals surface area (Å²) in [5, 5.41) is 0. The molecule has 164 valence electrons. The molecule has 0 saturated carbocycles. The molecule has 0 radical (unpaired) electrons. The molecule has 1 aromatic heterocycles. The van der Waals surface area contributed by atoms with E-state index >= 15 is 0 Å². The highest BCUT2D eigenvalue weighted by molar-refractivity contribution is 6.99. The highest BCUT2D eigenvalue weighted by Crippen LogP contribution is 2.31. The number of quaternary nitrogens is 1. The molecule has 0 amide bonds. The van der Waals surface area contributed by atoms with E-state index in [1.807, 2.05) is 6.92 Å². The lowest BCUT2D eigenvalue weighted by Crippen LogP contribution is -2.55. The third kappa shape index (κ3) is 7.37. The van der Waals surface area contributed by atoms with Crippen molar-refractivity contribution in [3.63, 3.8) is 0 Å². The van der Waals surface area contributed by atoms with Gasteiger partial charge in [-0.05, 0) is 12.8 Å². The fourth-order valence-electron chi connectivity index (χ4n) is 3.61. The Morgan fingerprint density at radius 2 is 1.93 bits per heavy atom. The van der Waals surface area contributed by atoms with Crippen LogP contribution in [-0.4, -0.2) is 52.2 Å². The summed E-state index contributed by atoms with van der Waals surface area (Å²) in [5.74, 6) is 0.559. The average molecular weight is 425 g/mol. The molecule has 0 N–H and O–H groups in total. The second-order valence-electron chi connectivity index (χ2n) is 8.25. The van der Waals surface area contributed by atoms with Crippen molar-refractivity contribution in [2.45, 2.75) is 84.8 Å². The van der Waals surface area contributed by atoms with Gasteiger partial charge in [-0.15, -0.1) is 4.37 Å². The van der Waals surface area contributed by atoms with Crippen LogP contribution in [0.2, 0.25) is 0 Å². The van der Waals surface area contributed by atoms with Crippen molar-refractivity contribution in [2.24, 2.45) is 0 Å². The minimum absolute atomic E-state index is 0.0900. The number of carbonyl (C=O) groups is 1. The Labute approximate surface area is 180 Å². The number of aromatic nitrogens is 2. The van der Waals surface area contributed by atoms with Gasteiger partial charge in [-0.2, -0.15) is 4.37 Å². The molecule has 0 saturated heterocycles. The fourth-order valence-corrected chi connectivity index (χ4v) is 4.14. The molecule has 2 heterocycles. The number of nitrogens with zero attached hydrogens (tertiary/aromatic N) is 3. The first-order valence-corrected chi connectivity index (χ1v) is 11.9. The molecular formula is C22H38N3O3S+. The van der Waals surface area contributed by atoms with E-state index in [4.69, 9.17) is 9.47 Å². The minimum Gasteiger partial charge on any atom is -0.475 e. The van der Waals surface area contributed by atoms with Crippen LogP contribution in [-0.2, 0) is 9.53 Å². The number of unbranched alkanes of at least 4 members (excludes halogenated alkanes) is 5. The second kappa shape index (κ2) is 12.3. The van der Waals surface area contributed by atoms with Gasteiger partial charge < -0.3 is 9.47 Å². The maximum atomic E-state index is 12.2. The van der Waals surface area contributed by atoms with Crippen molar-refractivity contribution in [3.05, 3.63) is 11.8 Å². The summed E-state index contributed by atoms with van der Waals surface area (Å²) in [7, 11) is 2.15. The van der Waals surface area contributed by atoms with E-state index in [1.54, 1.807) is 0 Å². The largest absolute Gasteiger partial charge is 0.475 e. The molecule has 7 heteroatoms. The number of likely N-dealkylation sites (N-methyl/N-ethyl adjacent to an activating group) is 1. The van der Waals surface area contributed by atoms with Crippen molar-refractivity contribution in [2.75, 3.05) is 26.7 Å². The summed E-state index contributed by atoms with van der Waals surface area (Å²) in [5.41, 5.74) is 2.00. The van der Waals surface area contributed by atoms with Gasteiger partial charge in [-0.1, -0.05) is 52.0 Å². The molecule has 1 aliphatic heterocycles. The Morgan fingerprint density at radius 1 is 1.17 bits per heavy atom. The molecule has 29 heavy (non-hydrogen) atoms. The Balaban J connectivity index is 1.93. The average Bonchev–Trinajstić information content (AvgIpc) is 3.16. The molecule has 1 aromatic rings. The Kier molecular flexibility index (Phi) is 10.1. The first kappa shape index (κ1) is 23.8. The lowest BCUT2D eigenvalue weighted by molar-refractivity contribution is -0.944. The van der Waals surface area contributed by atoms with Crippen molar-refractivity contribution >= 4 is 23.3 Å². The Morgan fingerprint density at radius 3 is 2.69 bits per heavy atom. The van der Waals surface area contributed by atoms with Crippen LogP contribution in [0.15, 0.2) is 6.08 Å². The maximum absolute atomic E-state index is 12.2. The maximum Gasteiger partial charge on any atom is 0.310 e. The molecular weight excluding hydrogens is 386 g/mol. The Bertz CT molecular complexity index is 661. The van der Waals surface area contributed by atoms with E-state index in [1.165, 1.54) is 31.0 Å². The summed E-state index contributed by atoms with van der Waals surface area (Å²) in [4.78, 5) is 12.2. The highest BCUT2D eigenvalue weighted by atomic mass is 32.1. The summed E-state index contributed by atoms with van der Waals surface area (Å²) in [6.07, 6.45) is 11.2. The van der Waals surface area contributed by atoms with Crippen LogP contribution in [0.3, 0.4) is 0 Å². The molecule has 0 bridgehead atoms. The predicted molar refractivity (Wildman–Crippen MR) is 118 cm³/mol. The van der Waals surface area contributed by atoms with Gasteiger partial charge in [0.15, 0.2) is 0 Å². The smallest absolute Gasteiger partial charge is 0.310 e. The van der Waals surface area contributed by atoms with Gasteiger partial charge in [0.25, 0.3) is 5.88 Å². The van der Waals surface area contributed by atoms with Crippen LogP contribution in [0.4, 0.5) is 0 Å². The van der Waals surface area contributed by atoms with E-state index in [0.29, 0.717) is 23.4 Å². The van der Waals surface area contributed by atoms with Gasteiger partial charge in [0.1, 0.15) is 12.2 Å². The SMILES string of the molecule is CCCCCCOc1nsnc1C1=CCC[N+](C)(C(C)OC(=O)CCCCC)C1. The molecule has 0 spiro atoms. The summed E-state index contributed by atoms with van der Waals surface area (Å²) in [6.45, 7) is 8.74. The minimum atomic E-state index is -0.183. The van der Waals surface area contributed by atoms with Crippen LogP contribution in [0, 0.1) is 0 Å². The molecule has 0 fully saturated rings. The van der Waals surface area contributed by atoms with Gasteiger partial charge in [0, 0.05) is 25.3 Å². The number of hydrogen-bond acceptors (Lipinski definition) is 6. The fraction of sp³-hybridized carbons (Fsp3) is 0.773. The molecule has 0 aromatic carbocycles. The number of carbonyl (C=O) groups excluding carboxylic acids is 1. The zero-order chi connectivity index (χ0) is 21.1. The van der Waals surface area contributed by atoms with Gasteiger partial charge in [-0.25, -0.2) is 0 Å². The van der Waals surface area contributed by atoms with Gasteiger partial charge in [0.05, 0.1) is 31.9 Å². The molecule has 2 rings (SSSR count). The zero-order valence-corrected chi connectivity index (χ0v) is 19.4. The van der Waals surface area contributed by atoms with E-state index < -0.39 is 0 Å². The van der Waals surface area contributed by atoms with Crippen molar-refractivity contribution < 1.29 is 18.8 Å². The van der Waals surface area contributed by atoms with Crippen LogP contribution in [0.25, 0.3) is 5.57 Å². The summed E-state index contributed by atoms with van der Waals surface area (Å²) in [6, 6.07) is 0.